The van der Waals surface area contributed by atoms with Gasteiger partial charge in [-0.2, -0.15) is 0 Å². The van der Waals surface area contributed by atoms with Crippen molar-refractivity contribution in [3.63, 3.8) is 0 Å². The van der Waals surface area contributed by atoms with Gasteiger partial charge in [0, 0.05) is 32.7 Å². The highest BCUT2D eigenvalue weighted by Gasteiger charge is 2.33. The fraction of sp³-hybridized carbons (Fsp3) is 0.375. The quantitative estimate of drug-likeness (QED) is 0.149. The average molecular weight is 622 g/mol. The van der Waals surface area contributed by atoms with E-state index in [-0.39, 0.29) is 51.6 Å². The number of aromatic nitrogens is 3. The monoisotopic (exact) mass is 621 g/mol. The van der Waals surface area contributed by atoms with E-state index in [0.29, 0.717) is 54.5 Å². The number of rotatable bonds is 8. The zero-order chi connectivity index (χ0) is 32.3. The Hall–Kier alpha value is -4.38. The molecular weight excluding hydrogens is 585 g/mol. The molecule has 2 amide bonds. The summed E-state index contributed by atoms with van der Waals surface area (Å²) in [6.07, 6.45) is 3.39. The maximum Gasteiger partial charge on any atom is 0.246 e. The maximum absolute atomic E-state index is 15.2. The van der Waals surface area contributed by atoms with E-state index in [2.05, 4.69) is 21.5 Å². The minimum atomic E-state index is -0.731. The number of carbonyl (C=O) groups excluding carboxylic acids is 2. The highest BCUT2D eigenvalue weighted by Crippen LogP contribution is 2.42. The third-order valence-corrected chi connectivity index (χ3v) is 7.86. The number of aromatic hydroxyl groups is 1. The molecule has 1 unspecified atom stereocenters. The molecule has 2 aromatic heterocycles. The molecule has 1 N–H and O–H groups in total. The fourth-order valence-corrected chi connectivity index (χ4v) is 5.71. The van der Waals surface area contributed by atoms with Crippen LogP contribution < -0.4 is 4.90 Å². The van der Waals surface area contributed by atoms with Crippen LogP contribution in [0.1, 0.15) is 63.4 Å². The molecule has 1 fully saturated rings. The smallest absolute Gasteiger partial charge is 0.246 e. The van der Waals surface area contributed by atoms with Crippen molar-refractivity contribution >= 4 is 41.3 Å². The summed E-state index contributed by atoms with van der Waals surface area (Å²) in [6.45, 7) is 14.7. The highest BCUT2D eigenvalue weighted by molar-refractivity contribution is 6.33. The van der Waals surface area contributed by atoms with Gasteiger partial charge in [0.05, 0.1) is 38.9 Å². The van der Waals surface area contributed by atoms with Crippen LogP contribution in [0.5, 0.6) is 5.75 Å². The summed E-state index contributed by atoms with van der Waals surface area (Å²) in [4.78, 5) is 49.0. The lowest BCUT2D eigenvalue weighted by atomic mass is 10.00. The molecule has 12 heteroatoms. The first-order valence-electron chi connectivity index (χ1n) is 14.4. The minimum Gasteiger partial charge on any atom is -0.507 e. The van der Waals surface area contributed by atoms with E-state index in [1.165, 1.54) is 35.5 Å². The standard InChI is InChI=1S/C32H37ClFN7O3/c1-8-25(44)39-12-13-40(20(6)15-39)31(35-7)21-14-22(33)29(26-23(34)10-9-11-24(26)43)38-32(21)41(17-42)30-27(18(2)3)36-16-37-28(30)19(4)5/h8-11,14,16-20,43H,1,12-13,15H2,2-7H3/b35-31+. The second kappa shape index (κ2) is 13.5. The minimum absolute atomic E-state index is 0.0433. The van der Waals surface area contributed by atoms with E-state index < -0.39 is 5.82 Å². The zero-order valence-corrected chi connectivity index (χ0v) is 26.5. The Morgan fingerprint density at radius 3 is 2.39 bits per heavy atom. The van der Waals surface area contributed by atoms with Crippen LogP contribution in [0.15, 0.2) is 48.2 Å². The number of phenolic OH excluding ortho intramolecular Hbond substituents is 1. The number of aliphatic imine (C=N–C) groups is 1. The fourth-order valence-electron chi connectivity index (χ4n) is 5.46. The van der Waals surface area contributed by atoms with Gasteiger partial charge in [-0.25, -0.2) is 19.3 Å². The van der Waals surface area contributed by atoms with E-state index in [1.807, 2.05) is 39.5 Å². The van der Waals surface area contributed by atoms with Gasteiger partial charge in [-0.05, 0) is 43.0 Å². The summed E-state index contributed by atoms with van der Waals surface area (Å²) in [5, 5.41) is 10.7. The van der Waals surface area contributed by atoms with Gasteiger partial charge in [0.25, 0.3) is 0 Å². The number of pyridine rings is 1. The van der Waals surface area contributed by atoms with Crippen LogP contribution in [0.25, 0.3) is 11.3 Å². The van der Waals surface area contributed by atoms with Crippen LogP contribution in [0.2, 0.25) is 5.02 Å². The molecule has 0 saturated carbocycles. The predicted molar refractivity (Wildman–Crippen MR) is 170 cm³/mol. The number of carbonyl (C=O) groups is 2. The van der Waals surface area contributed by atoms with Crippen LogP contribution in [0.3, 0.4) is 0 Å². The summed E-state index contributed by atoms with van der Waals surface area (Å²) in [6, 6.07) is 5.31. The molecule has 1 aromatic carbocycles. The summed E-state index contributed by atoms with van der Waals surface area (Å²) in [5.74, 6) is -0.848. The summed E-state index contributed by atoms with van der Waals surface area (Å²) in [5.41, 5.74) is 1.84. The van der Waals surface area contributed by atoms with Crippen molar-refractivity contribution in [2.45, 2.75) is 52.5 Å². The lowest BCUT2D eigenvalue weighted by molar-refractivity contribution is -0.128. The number of amides is 2. The van der Waals surface area contributed by atoms with Gasteiger partial charge in [-0.15, -0.1) is 0 Å². The Balaban J connectivity index is 2.02. The number of hydrogen-bond acceptors (Lipinski definition) is 7. The number of hydrogen-bond donors (Lipinski definition) is 1. The Morgan fingerprint density at radius 2 is 1.86 bits per heavy atom. The Kier molecular flexibility index (Phi) is 9.98. The zero-order valence-electron chi connectivity index (χ0n) is 25.8. The van der Waals surface area contributed by atoms with Gasteiger partial charge < -0.3 is 14.9 Å². The largest absolute Gasteiger partial charge is 0.507 e. The molecular formula is C32H37ClFN7O3. The molecule has 4 rings (SSSR count). The number of phenols is 1. The van der Waals surface area contributed by atoms with E-state index in [9.17, 15) is 14.7 Å². The van der Waals surface area contributed by atoms with Gasteiger partial charge >= 0.3 is 0 Å². The van der Waals surface area contributed by atoms with Crippen molar-refractivity contribution in [3.05, 3.63) is 71.0 Å². The second-order valence-electron chi connectivity index (χ2n) is 11.2. The molecule has 3 heterocycles. The molecule has 10 nitrogen and oxygen atoms in total. The second-order valence-corrected chi connectivity index (χ2v) is 11.6. The Bertz CT molecular complexity index is 1560. The molecule has 1 aliphatic heterocycles. The number of nitrogens with zero attached hydrogens (tertiary/aromatic N) is 7. The third kappa shape index (κ3) is 6.14. The molecule has 0 aliphatic carbocycles. The molecule has 1 aliphatic rings. The maximum atomic E-state index is 15.2. The summed E-state index contributed by atoms with van der Waals surface area (Å²) >= 11 is 6.79. The van der Waals surface area contributed by atoms with Crippen LogP contribution in [-0.4, -0.2) is 80.7 Å². The van der Waals surface area contributed by atoms with E-state index in [0.717, 1.165) is 0 Å². The van der Waals surface area contributed by atoms with E-state index in [4.69, 9.17) is 16.6 Å². The highest BCUT2D eigenvalue weighted by atomic mass is 35.5. The lowest BCUT2D eigenvalue weighted by Gasteiger charge is -2.41. The van der Waals surface area contributed by atoms with Gasteiger partial charge in [-0.3, -0.25) is 19.5 Å². The van der Waals surface area contributed by atoms with Crippen LogP contribution in [0, 0.1) is 5.82 Å². The molecule has 3 aromatic rings. The number of anilines is 2. The van der Waals surface area contributed by atoms with Crippen molar-refractivity contribution < 1.29 is 19.1 Å². The normalized spacial score (nSPS) is 15.6. The number of piperazine rings is 1. The topological polar surface area (TPSA) is 115 Å². The van der Waals surface area contributed by atoms with Gasteiger partial charge in [0.1, 0.15) is 23.7 Å². The average Bonchev–Trinajstić information content (AvgIpc) is 2.99. The molecule has 44 heavy (non-hydrogen) atoms. The van der Waals surface area contributed by atoms with Gasteiger partial charge in [0.15, 0.2) is 5.82 Å². The number of halogens is 2. The summed E-state index contributed by atoms with van der Waals surface area (Å²) in [7, 11) is 1.62. The first-order valence-corrected chi connectivity index (χ1v) is 14.8. The molecule has 0 spiro atoms. The van der Waals surface area contributed by atoms with Crippen molar-refractivity contribution in [1.82, 2.24) is 24.8 Å². The van der Waals surface area contributed by atoms with Crippen LogP contribution >= 0.6 is 11.6 Å². The van der Waals surface area contributed by atoms with Crippen molar-refractivity contribution in [3.8, 4) is 17.0 Å². The first kappa shape index (κ1) is 32.5. The SMILES string of the molecule is C=CC(=O)N1CCN(/C(=N/C)c2cc(Cl)c(-c3c(O)cccc3F)nc2N(C=O)c2c(C(C)C)ncnc2C(C)C)C(C)C1. The van der Waals surface area contributed by atoms with Crippen molar-refractivity contribution in [1.29, 1.82) is 0 Å². The molecule has 1 atom stereocenters. The number of benzene rings is 1. The van der Waals surface area contributed by atoms with Gasteiger partial charge in [-0.1, -0.05) is 51.9 Å². The van der Waals surface area contributed by atoms with Crippen molar-refractivity contribution in [2.75, 3.05) is 31.6 Å². The molecule has 232 valence electrons. The lowest BCUT2D eigenvalue weighted by Crippen LogP contribution is -2.55. The Morgan fingerprint density at radius 1 is 1.20 bits per heavy atom. The number of amidine groups is 1. The van der Waals surface area contributed by atoms with Crippen LogP contribution in [0.4, 0.5) is 15.9 Å². The molecule has 0 bridgehead atoms. The molecule has 0 radical (unpaired) electrons. The first-order chi connectivity index (χ1) is 20.9. The van der Waals surface area contributed by atoms with E-state index >= 15 is 4.39 Å². The predicted octanol–water partition coefficient (Wildman–Crippen LogP) is 5.67. The Labute approximate surface area is 261 Å². The van der Waals surface area contributed by atoms with Crippen molar-refractivity contribution in [2.24, 2.45) is 4.99 Å². The molecule has 1 saturated heterocycles. The van der Waals surface area contributed by atoms with Crippen LogP contribution in [-0.2, 0) is 9.59 Å². The van der Waals surface area contributed by atoms with Gasteiger partial charge in [0.2, 0.25) is 12.3 Å². The third-order valence-electron chi connectivity index (χ3n) is 7.57. The van der Waals surface area contributed by atoms with E-state index in [1.54, 1.807) is 18.0 Å². The summed E-state index contributed by atoms with van der Waals surface area (Å²) < 4.78 is 15.2.